The highest BCUT2D eigenvalue weighted by Gasteiger charge is 2.09. The van der Waals surface area contributed by atoms with Crippen molar-refractivity contribution < 1.29 is 19.4 Å². The van der Waals surface area contributed by atoms with E-state index in [0.717, 1.165) is 5.56 Å². The summed E-state index contributed by atoms with van der Waals surface area (Å²) in [6, 6.07) is 7.51. The van der Waals surface area contributed by atoms with Gasteiger partial charge in [0.1, 0.15) is 11.9 Å². The topological polar surface area (TPSA) is 55.8 Å². The molecule has 1 unspecified atom stereocenters. The van der Waals surface area contributed by atoms with E-state index in [2.05, 4.69) is 5.92 Å². The number of aliphatic hydroxyl groups is 1. The zero-order valence-corrected chi connectivity index (χ0v) is 12.5. The molecule has 1 aromatic carbocycles. The first kappa shape index (κ1) is 17.1. The molecule has 114 valence electrons. The van der Waals surface area contributed by atoms with Crippen molar-refractivity contribution in [2.45, 2.75) is 45.3 Å². The minimum absolute atomic E-state index is 0.103. The lowest BCUT2D eigenvalue weighted by atomic mass is 10.1. The van der Waals surface area contributed by atoms with E-state index < -0.39 is 6.10 Å². The molecular weight excluding hydrogens is 268 g/mol. The van der Waals surface area contributed by atoms with E-state index in [1.54, 1.807) is 0 Å². The average molecular weight is 290 g/mol. The Morgan fingerprint density at radius 2 is 2.10 bits per heavy atom. The zero-order valence-electron chi connectivity index (χ0n) is 12.5. The van der Waals surface area contributed by atoms with Crippen molar-refractivity contribution >= 4 is 5.97 Å². The molecule has 0 bridgehead atoms. The minimum Gasteiger partial charge on any atom is -0.493 e. The molecule has 1 aromatic rings. The Kier molecular flexibility index (Phi) is 7.34. The molecule has 1 rings (SSSR count). The zero-order chi connectivity index (χ0) is 15.7. The standard InChI is InChI=1S/C17H22O4/c1-4-15(18)11-12-20-16-8-6-5-7-14(16)9-10-17(19)21-13(2)3/h1,5-8,13,15,18H,9-12H2,2-3H3. The molecule has 4 nitrogen and oxygen atoms in total. The van der Waals surface area contributed by atoms with Crippen molar-refractivity contribution in [2.75, 3.05) is 6.61 Å². The van der Waals surface area contributed by atoms with E-state index in [1.165, 1.54) is 0 Å². The number of terminal acetylenes is 1. The largest absolute Gasteiger partial charge is 0.493 e. The van der Waals surface area contributed by atoms with Crippen molar-refractivity contribution in [2.24, 2.45) is 0 Å². The summed E-state index contributed by atoms with van der Waals surface area (Å²) in [5, 5.41) is 9.29. The summed E-state index contributed by atoms with van der Waals surface area (Å²) in [7, 11) is 0. The highest BCUT2D eigenvalue weighted by Crippen LogP contribution is 2.20. The highest BCUT2D eigenvalue weighted by molar-refractivity contribution is 5.70. The lowest BCUT2D eigenvalue weighted by Crippen LogP contribution is -2.13. The van der Waals surface area contributed by atoms with Crippen LogP contribution in [0.15, 0.2) is 24.3 Å². The van der Waals surface area contributed by atoms with Gasteiger partial charge in [0.25, 0.3) is 0 Å². The predicted molar refractivity (Wildman–Crippen MR) is 80.9 cm³/mol. The monoisotopic (exact) mass is 290 g/mol. The van der Waals surface area contributed by atoms with Crippen LogP contribution in [-0.4, -0.2) is 29.9 Å². The first-order chi connectivity index (χ1) is 10.0. The number of aliphatic hydroxyl groups excluding tert-OH is 1. The molecule has 0 aliphatic rings. The van der Waals surface area contributed by atoms with Gasteiger partial charge in [-0.15, -0.1) is 6.42 Å². The van der Waals surface area contributed by atoms with Gasteiger partial charge in [0.15, 0.2) is 0 Å². The Hall–Kier alpha value is -1.99. The normalized spacial score (nSPS) is 11.8. The molecule has 0 amide bonds. The molecular formula is C17H22O4. The first-order valence-corrected chi connectivity index (χ1v) is 7.07. The van der Waals surface area contributed by atoms with Crippen molar-refractivity contribution in [3.05, 3.63) is 29.8 Å². The van der Waals surface area contributed by atoms with Gasteiger partial charge in [-0.2, -0.15) is 0 Å². The third kappa shape index (κ3) is 6.82. The summed E-state index contributed by atoms with van der Waals surface area (Å²) in [5.41, 5.74) is 0.938. The fourth-order valence-electron chi connectivity index (χ4n) is 1.77. The Morgan fingerprint density at radius 3 is 2.76 bits per heavy atom. The number of carbonyl (C=O) groups is 1. The van der Waals surface area contributed by atoms with Crippen LogP contribution < -0.4 is 4.74 Å². The fourth-order valence-corrected chi connectivity index (χ4v) is 1.77. The number of carbonyl (C=O) groups excluding carboxylic acids is 1. The van der Waals surface area contributed by atoms with E-state index >= 15 is 0 Å². The van der Waals surface area contributed by atoms with E-state index in [1.807, 2.05) is 38.1 Å². The van der Waals surface area contributed by atoms with Gasteiger partial charge in [0.2, 0.25) is 0 Å². The van der Waals surface area contributed by atoms with Crippen molar-refractivity contribution in [1.82, 2.24) is 0 Å². The van der Waals surface area contributed by atoms with Crippen molar-refractivity contribution in [3.63, 3.8) is 0 Å². The second-order valence-electron chi connectivity index (χ2n) is 4.97. The Balaban J connectivity index is 2.51. The molecule has 0 fully saturated rings. The maximum absolute atomic E-state index is 11.6. The Bertz CT molecular complexity index is 488. The van der Waals surface area contributed by atoms with E-state index in [0.29, 0.717) is 31.6 Å². The first-order valence-electron chi connectivity index (χ1n) is 7.07. The van der Waals surface area contributed by atoms with Crippen LogP contribution in [0.1, 0.15) is 32.3 Å². The van der Waals surface area contributed by atoms with Crippen molar-refractivity contribution in [3.8, 4) is 18.1 Å². The molecule has 0 radical (unpaired) electrons. The lowest BCUT2D eigenvalue weighted by Gasteiger charge is -2.12. The quantitative estimate of drug-likeness (QED) is 0.590. The smallest absolute Gasteiger partial charge is 0.306 e. The van der Waals surface area contributed by atoms with Crippen LogP contribution >= 0.6 is 0 Å². The third-order valence-corrected chi connectivity index (χ3v) is 2.78. The van der Waals surface area contributed by atoms with Gasteiger partial charge in [-0.25, -0.2) is 0 Å². The number of hydrogen-bond donors (Lipinski definition) is 1. The Labute approximate surface area is 126 Å². The molecule has 0 aromatic heterocycles. The molecule has 0 spiro atoms. The highest BCUT2D eigenvalue weighted by atomic mass is 16.5. The second-order valence-corrected chi connectivity index (χ2v) is 4.97. The number of esters is 1. The van der Waals surface area contributed by atoms with Crippen LogP contribution in [0, 0.1) is 12.3 Å². The number of hydrogen-bond acceptors (Lipinski definition) is 4. The number of benzene rings is 1. The van der Waals surface area contributed by atoms with Gasteiger partial charge in [0.05, 0.1) is 12.7 Å². The van der Waals surface area contributed by atoms with Gasteiger partial charge < -0.3 is 14.6 Å². The maximum Gasteiger partial charge on any atom is 0.306 e. The molecule has 1 atom stereocenters. The maximum atomic E-state index is 11.6. The molecule has 4 heteroatoms. The summed E-state index contributed by atoms with van der Waals surface area (Å²) < 4.78 is 10.7. The van der Waals surface area contributed by atoms with E-state index in [4.69, 9.17) is 15.9 Å². The SMILES string of the molecule is C#CC(O)CCOc1ccccc1CCC(=O)OC(C)C. The number of para-hydroxylation sites is 1. The third-order valence-electron chi connectivity index (χ3n) is 2.78. The summed E-state index contributed by atoms with van der Waals surface area (Å²) in [6.07, 6.45) is 5.44. The van der Waals surface area contributed by atoms with Gasteiger partial charge >= 0.3 is 5.97 Å². The molecule has 0 saturated heterocycles. The predicted octanol–water partition coefficient (Wildman–Crippen LogP) is 2.33. The molecule has 21 heavy (non-hydrogen) atoms. The van der Waals surface area contributed by atoms with Crippen LogP contribution in [0.5, 0.6) is 5.75 Å². The van der Waals surface area contributed by atoms with Gasteiger partial charge in [-0.1, -0.05) is 24.1 Å². The lowest BCUT2D eigenvalue weighted by molar-refractivity contribution is -0.147. The summed E-state index contributed by atoms with van der Waals surface area (Å²) in [5.74, 6) is 2.73. The number of aryl methyl sites for hydroxylation is 1. The van der Waals surface area contributed by atoms with Crippen LogP contribution in [0.2, 0.25) is 0 Å². The number of ether oxygens (including phenoxy) is 2. The molecule has 0 heterocycles. The fraction of sp³-hybridized carbons (Fsp3) is 0.471. The second kappa shape index (κ2) is 9.04. The summed E-state index contributed by atoms with van der Waals surface area (Å²) in [6.45, 7) is 3.98. The van der Waals surface area contributed by atoms with Crippen LogP contribution in [0.25, 0.3) is 0 Å². The Morgan fingerprint density at radius 1 is 1.38 bits per heavy atom. The van der Waals surface area contributed by atoms with Crippen molar-refractivity contribution in [1.29, 1.82) is 0 Å². The van der Waals surface area contributed by atoms with Crippen LogP contribution in [0.3, 0.4) is 0 Å². The number of rotatable bonds is 8. The van der Waals surface area contributed by atoms with E-state index in [-0.39, 0.29) is 12.1 Å². The van der Waals surface area contributed by atoms with Gasteiger partial charge in [0, 0.05) is 12.8 Å². The van der Waals surface area contributed by atoms with Gasteiger partial charge in [-0.05, 0) is 31.9 Å². The summed E-state index contributed by atoms with van der Waals surface area (Å²) in [4.78, 5) is 11.6. The molecule has 0 aliphatic carbocycles. The molecule has 1 N–H and O–H groups in total. The van der Waals surface area contributed by atoms with Gasteiger partial charge in [-0.3, -0.25) is 4.79 Å². The minimum atomic E-state index is -0.793. The van der Waals surface area contributed by atoms with E-state index in [9.17, 15) is 9.90 Å². The molecule has 0 saturated carbocycles. The van der Waals surface area contributed by atoms with Crippen LogP contribution in [0.4, 0.5) is 0 Å². The average Bonchev–Trinajstić information content (AvgIpc) is 2.45. The summed E-state index contributed by atoms with van der Waals surface area (Å²) >= 11 is 0. The molecule has 0 aliphatic heterocycles. The van der Waals surface area contributed by atoms with Crippen LogP contribution in [-0.2, 0) is 16.0 Å².